The molecule has 5 heteroatoms. The van der Waals surface area contributed by atoms with Gasteiger partial charge < -0.3 is 5.32 Å². The third-order valence-electron chi connectivity index (χ3n) is 3.00. The van der Waals surface area contributed by atoms with E-state index in [9.17, 15) is 0 Å². The predicted octanol–water partition coefficient (Wildman–Crippen LogP) is 3.54. The highest BCUT2D eigenvalue weighted by Crippen LogP contribution is 2.23. The van der Waals surface area contributed by atoms with Gasteiger partial charge in [0.15, 0.2) is 0 Å². The van der Waals surface area contributed by atoms with Crippen LogP contribution in [0.2, 0.25) is 5.02 Å². The molecule has 0 unspecified atom stereocenters. The van der Waals surface area contributed by atoms with Gasteiger partial charge in [0, 0.05) is 23.8 Å². The minimum atomic E-state index is 0.692. The van der Waals surface area contributed by atoms with Crippen LogP contribution in [0.25, 0.3) is 5.69 Å². The summed E-state index contributed by atoms with van der Waals surface area (Å²) < 4.78 is 2.81. The van der Waals surface area contributed by atoms with Gasteiger partial charge in [-0.3, -0.25) is 0 Å². The molecule has 3 nitrogen and oxygen atoms in total. The maximum absolute atomic E-state index is 6.08. The summed E-state index contributed by atoms with van der Waals surface area (Å²) in [7, 11) is 0. The molecule has 2 aromatic rings. The minimum absolute atomic E-state index is 0.692. The van der Waals surface area contributed by atoms with Gasteiger partial charge in [0.25, 0.3) is 0 Å². The van der Waals surface area contributed by atoms with Crippen molar-refractivity contribution in [3.05, 3.63) is 45.7 Å². The van der Waals surface area contributed by atoms with Gasteiger partial charge in [-0.2, -0.15) is 5.10 Å². The van der Waals surface area contributed by atoms with Gasteiger partial charge in [-0.1, -0.05) is 17.7 Å². The van der Waals surface area contributed by atoms with E-state index >= 15 is 0 Å². The lowest BCUT2D eigenvalue weighted by atomic mass is 10.1. The van der Waals surface area contributed by atoms with E-state index < -0.39 is 0 Å². The molecule has 1 saturated carbocycles. The summed E-state index contributed by atoms with van der Waals surface area (Å²) >= 11 is 9.49. The van der Waals surface area contributed by atoms with Gasteiger partial charge in [0.05, 0.1) is 16.4 Å². The van der Waals surface area contributed by atoms with Gasteiger partial charge >= 0.3 is 0 Å². The molecule has 0 amide bonds. The fourth-order valence-corrected chi connectivity index (χ4v) is 2.33. The van der Waals surface area contributed by atoms with Crippen molar-refractivity contribution in [3.63, 3.8) is 0 Å². The number of hydrogen-bond donors (Lipinski definition) is 1. The molecule has 0 saturated heterocycles. The molecular formula is C13H13BrClN3. The summed E-state index contributed by atoms with van der Waals surface area (Å²) in [5, 5.41) is 8.56. The van der Waals surface area contributed by atoms with Gasteiger partial charge in [0.2, 0.25) is 0 Å². The molecule has 0 radical (unpaired) electrons. The number of aromatic nitrogens is 2. The lowest BCUT2D eigenvalue weighted by Gasteiger charge is -2.11. The molecule has 1 aromatic heterocycles. The SMILES string of the molecule is Clc1ccc(CNC2CC2)c(-n2cc(Br)cn2)c1. The zero-order valence-corrected chi connectivity index (χ0v) is 12.1. The summed E-state index contributed by atoms with van der Waals surface area (Å²) in [5.41, 5.74) is 2.24. The zero-order chi connectivity index (χ0) is 12.5. The van der Waals surface area contributed by atoms with E-state index in [1.54, 1.807) is 6.20 Å². The second kappa shape index (κ2) is 5.03. The first-order chi connectivity index (χ1) is 8.72. The molecule has 0 spiro atoms. The monoisotopic (exact) mass is 325 g/mol. The van der Waals surface area contributed by atoms with E-state index in [2.05, 4.69) is 32.4 Å². The Bertz CT molecular complexity index is 563. The first-order valence-electron chi connectivity index (χ1n) is 5.95. The number of benzene rings is 1. The summed E-state index contributed by atoms with van der Waals surface area (Å²) in [4.78, 5) is 0. The molecule has 3 rings (SSSR count). The predicted molar refractivity (Wildman–Crippen MR) is 76.1 cm³/mol. The van der Waals surface area contributed by atoms with E-state index in [0.29, 0.717) is 6.04 Å². The van der Waals surface area contributed by atoms with Crippen molar-refractivity contribution in [2.45, 2.75) is 25.4 Å². The fraction of sp³-hybridized carbons (Fsp3) is 0.308. The molecule has 1 aromatic carbocycles. The highest BCUT2D eigenvalue weighted by Gasteiger charge is 2.20. The Balaban J connectivity index is 1.91. The summed E-state index contributed by atoms with van der Waals surface area (Å²) in [6.45, 7) is 0.856. The first kappa shape index (κ1) is 12.2. The lowest BCUT2D eigenvalue weighted by Crippen LogP contribution is -2.17. The molecule has 1 N–H and O–H groups in total. The van der Waals surface area contributed by atoms with E-state index in [4.69, 9.17) is 11.6 Å². The van der Waals surface area contributed by atoms with E-state index in [1.807, 2.05) is 23.0 Å². The number of rotatable bonds is 4. The molecule has 1 aliphatic rings. The molecule has 0 atom stereocenters. The van der Waals surface area contributed by atoms with E-state index in [1.165, 1.54) is 18.4 Å². The normalized spacial score (nSPS) is 15.0. The van der Waals surface area contributed by atoms with Gasteiger partial charge in [-0.15, -0.1) is 0 Å². The van der Waals surface area contributed by atoms with Gasteiger partial charge in [0.1, 0.15) is 0 Å². The van der Waals surface area contributed by atoms with Crippen LogP contribution in [0, 0.1) is 0 Å². The van der Waals surface area contributed by atoms with Crippen molar-refractivity contribution in [2.24, 2.45) is 0 Å². The third kappa shape index (κ3) is 2.76. The van der Waals surface area contributed by atoms with Gasteiger partial charge in [-0.25, -0.2) is 4.68 Å². The second-order valence-electron chi connectivity index (χ2n) is 4.53. The Labute approximate surface area is 119 Å². The van der Waals surface area contributed by atoms with Crippen molar-refractivity contribution in [1.82, 2.24) is 15.1 Å². The number of halogens is 2. The van der Waals surface area contributed by atoms with Crippen LogP contribution in [0.1, 0.15) is 18.4 Å². The first-order valence-corrected chi connectivity index (χ1v) is 7.12. The minimum Gasteiger partial charge on any atom is -0.310 e. The topological polar surface area (TPSA) is 29.9 Å². The Morgan fingerprint density at radius 2 is 2.28 bits per heavy atom. The smallest absolute Gasteiger partial charge is 0.0705 e. The number of nitrogens with one attached hydrogen (secondary N) is 1. The van der Waals surface area contributed by atoms with Crippen LogP contribution < -0.4 is 5.32 Å². The highest BCUT2D eigenvalue weighted by molar-refractivity contribution is 9.10. The van der Waals surface area contributed by atoms with Crippen LogP contribution in [-0.4, -0.2) is 15.8 Å². The van der Waals surface area contributed by atoms with Crippen molar-refractivity contribution in [1.29, 1.82) is 0 Å². The van der Waals surface area contributed by atoms with Crippen molar-refractivity contribution in [3.8, 4) is 5.69 Å². The average Bonchev–Trinajstić information content (AvgIpc) is 3.09. The average molecular weight is 327 g/mol. The van der Waals surface area contributed by atoms with Crippen molar-refractivity contribution in [2.75, 3.05) is 0 Å². The summed E-state index contributed by atoms with van der Waals surface area (Å²) in [6.07, 6.45) is 6.29. The lowest BCUT2D eigenvalue weighted by molar-refractivity contribution is 0.681. The zero-order valence-electron chi connectivity index (χ0n) is 9.74. The number of nitrogens with zero attached hydrogens (tertiary/aromatic N) is 2. The number of hydrogen-bond acceptors (Lipinski definition) is 2. The standard InChI is InChI=1S/C13H13BrClN3/c14-10-7-17-18(8-10)13-5-11(15)2-1-9(13)6-16-12-3-4-12/h1-2,5,7-8,12,16H,3-4,6H2. The van der Waals surface area contributed by atoms with Crippen LogP contribution in [0.5, 0.6) is 0 Å². The highest BCUT2D eigenvalue weighted by atomic mass is 79.9. The largest absolute Gasteiger partial charge is 0.310 e. The van der Waals surface area contributed by atoms with Crippen LogP contribution in [0.15, 0.2) is 35.1 Å². The maximum atomic E-state index is 6.08. The Kier molecular flexibility index (Phi) is 3.41. The molecule has 0 aliphatic heterocycles. The molecule has 94 valence electrons. The summed E-state index contributed by atoms with van der Waals surface area (Å²) in [5.74, 6) is 0. The van der Waals surface area contributed by atoms with Gasteiger partial charge in [-0.05, 0) is 46.5 Å². The molecule has 18 heavy (non-hydrogen) atoms. The Morgan fingerprint density at radius 3 is 2.94 bits per heavy atom. The van der Waals surface area contributed by atoms with Crippen LogP contribution in [-0.2, 0) is 6.54 Å². The molecular weight excluding hydrogens is 314 g/mol. The third-order valence-corrected chi connectivity index (χ3v) is 3.65. The Morgan fingerprint density at radius 1 is 1.44 bits per heavy atom. The molecule has 0 bridgehead atoms. The summed E-state index contributed by atoms with van der Waals surface area (Å²) in [6, 6.07) is 6.62. The van der Waals surface area contributed by atoms with E-state index in [0.717, 1.165) is 21.7 Å². The van der Waals surface area contributed by atoms with Crippen molar-refractivity contribution < 1.29 is 0 Å². The maximum Gasteiger partial charge on any atom is 0.0705 e. The molecule has 1 heterocycles. The second-order valence-corrected chi connectivity index (χ2v) is 5.88. The van der Waals surface area contributed by atoms with Crippen LogP contribution >= 0.6 is 27.5 Å². The van der Waals surface area contributed by atoms with Crippen LogP contribution in [0.3, 0.4) is 0 Å². The fourth-order valence-electron chi connectivity index (χ4n) is 1.87. The van der Waals surface area contributed by atoms with Crippen molar-refractivity contribution >= 4 is 27.5 Å². The van der Waals surface area contributed by atoms with E-state index in [-0.39, 0.29) is 0 Å². The quantitative estimate of drug-likeness (QED) is 0.931. The molecule has 1 fully saturated rings. The Hall–Kier alpha value is -0.840. The molecule has 1 aliphatic carbocycles. The van der Waals surface area contributed by atoms with Crippen LogP contribution in [0.4, 0.5) is 0 Å².